The summed E-state index contributed by atoms with van der Waals surface area (Å²) in [6.45, 7) is 0. The van der Waals surface area contributed by atoms with Gasteiger partial charge in [-0.2, -0.15) is 0 Å². The molecule has 5 nitrogen and oxygen atoms in total. The molecule has 0 N–H and O–H groups in total. The highest BCUT2D eigenvalue weighted by molar-refractivity contribution is 7.25. The first-order valence-corrected chi connectivity index (χ1v) is 43.7. The minimum absolute atomic E-state index is 0.897. The van der Waals surface area contributed by atoms with Crippen molar-refractivity contribution in [1.29, 1.82) is 0 Å². The van der Waals surface area contributed by atoms with E-state index in [1.54, 1.807) is 0 Å². The average molecular weight is 1630 g/mol. The Labute approximate surface area is 736 Å². The maximum atomic E-state index is 6.11. The lowest BCUT2D eigenvalue weighted by Crippen LogP contribution is -2.09. The molecule has 0 bridgehead atoms. The zero-order valence-electron chi connectivity index (χ0n) is 68.9. The molecule has 0 atom stereocenters. The van der Waals surface area contributed by atoms with Crippen LogP contribution in [0.5, 0.6) is 0 Å². The molecule has 4 heterocycles. The number of fused-ring (bicyclic) bond motifs is 12. The van der Waals surface area contributed by atoms with Gasteiger partial charge >= 0.3 is 0 Å². The molecule has 0 amide bonds. The van der Waals surface area contributed by atoms with E-state index in [-0.39, 0.29) is 0 Å². The van der Waals surface area contributed by atoms with Crippen LogP contribution in [0.4, 0.5) is 34.1 Å². The van der Waals surface area contributed by atoms with E-state index in [1.165, 1.54) is 142 Å². The Morgan fingerprint density at radius 2 is 0.421 bits per heavy atom. The number of para-hydroxylation sites is 3. The summed E-state index contributed by atoms with van der Waals surface area (Å²) in [6.07, 6.45) is 0. The molecular formula is C120H82N4OS. The predicted molar refractivity (Wildman–Crippen MR) is 536 cm³/mol. The maximum Gasteiger partial charge on any atom is 0.135 e. The number of rotatable bonds is 15. The van der Waals surface area contributed by atoms with Crippen LogP contribution in [0.1, 0.15) is 0 Å². The third-order valence-electron chi connectivity index (χ3n) is 24.3. The van der Waals surface area contributed by atoms with E-state index >= 15 is 0 Å². The monoisotopic (exact) mass is 1630 g/mol. The zero-order valence-corrected chi connectivity index (χ0v) is 69.8. The number of nitrogens with zero attached hydrogens (tertiary/aromatic N) is 4. The maximum absolute atomic E-state index is 6.11. The molecule has 594 valence electrons. The normalized spacial score (nSPS) is 11.3. The number of aromatic nitrogens is 2. The van der Waals surface area contributed by atoms with Crippen LogP contribution in [-0.4, -0.2) is 9.13 Å². The Morgan fingerprint density at radius 1 is 0.159 bits per heavy atom. The largest absolute Gasteiger partial charge is 0.456 e. The van der Waals surface area contributed by atoms with Crippen molar-refractivity contribution in [2.75, 3.05) is 9.80 Å². The molecule has 0 spiro atoms. The average Bonchev–Trinajstić information content (AvgIpc) is 1.58. The molecule has 0 saturated heterocycles. The van der Waals surface area contributed by atoms with Gasteiger partial charge in [-0.3, -0.25) is 0 Å². The van der Waals surface area contributed by atoms with Gasteiger partial charge in [-0.15, -0.1) is 11.3 Å². The summed E-state index contributed by atoms with van der Waals surface area (Å²) in [7, 11) is 0. The number of hydrogen-bond acceptors (Lipinski definition) is 4. The van der Waals surface area contributed by atoms with Gasteiger partial charge in [-0.1, -0.05) is 340 Å². The fourth-order valence-corrected chi connectivity index (χ4v) is 19.1. The lowest BCUT2D eigenvalue weighted by molar-refractivity contribution is 0.669. The fourth-order valence-electron chi connectivity index (χ4n) is 18.1. The van der Waals surface area contributed by atoms with Crippen molar-refractivity contribution < 1.29 is 4.42 Å². The van der Waals surface area contributed by atoms with Crippen molar-refractivity contribution in [2.24, 2.45) is 0 Å². The topological polar surface area (TPSA) is 29.5 Å². The fraction of sp³-hybridized carbons (Fsp3) is 0. The number of hydrogen-bond donors (Lipinski definition) is 0. The summed E-state index contributed by atoms with van der Waals surface area (Å²) in [5, 5.41) is 9.88. The number of anilines is 6. The molecule has 0 unspecified atom stereocenters. The highest BCUT2D eigenvalue weighted by Gasteiger charge is 2.22. The van der Waals surface area contributed by atoms with Crippen molar-refractivity contribution in [2.45, 2.75) is 0 Å². The van der Waals surface area contributed by atoms with Crippen LogP contribution in [0.3, 0.4) is 0 Å². The second-order valence-electron chi connectivity index (χ2n) is 31.9. The third kappa shape index (κ3) is 14.8. The zero-order chi connectivity index (χ0) is 83.6. The summed E-state index contributed by atoms with van der Waals surface area (Å²) in [4.78, 5) is 4.67. The number of benzene rings is 20. The van der Waals surface area contributed by atoms with Crippen LogP contribution in [0, 0.1) is 0 Å². The Bertz CT molecular complexity index is 7350. The Morgan fingerprint density at radius 3 is 0.802 bits per heavy atom. The van der Waals surface area contributed by atoms with Gasteiger partial charge in [0.1, 0.15) is 11.2 Å². The summed E-state index contributed by atoms with van der Waals surface area (Å²) in [5.74, 6) is 0. The smallest absolute Gasteiger partial charge is 0.135 e. The highest BCUT2D eigenvalue weighted by atomic mass is 32.1. The molecule has 20 aromatic carbocycles. The molecule has 0 aliphatic rings. The molecule has 0 aliphatic heterocycles. The van der Waals surface area contributed by atoms with Crippen molar-refractivity contribution in [3.63, 3.8) is 0 Å². The van der Waals surface area contributed by atoms with Crippen molar-refractivity contribution >= 4 is 131 Å². The molecular weight excluding hydrogens is 1550 g/mol. The lowest BCUT2D eigenvalue weighted by atomic mass is 10.0. The van der Waals surface area contributed by atoms with E-state index in [1.807, 2.05) is 23.5 Å². The SMILES string of the molecule is c1ccc(-c2ccc(-n3c4ccccc4c4cc(-c5ccc6c(c5)c5ccccc5n6-c5ccc(-c6ccccc6)cc5)ccc43)cc2)cc1.c1ccc(-c2ccc(N(c3ccc(-c4ccccc4)cc3)c3ccc4oc5ccccc5c4c3)cc2)cc1.c1ccc(-c2ccc(N(c3ccc(-c4ccccc4)cc3)c3ccc4sc5ccccc5c4c3)cc2)cc1. The molecule has 24 aromatic rings. The van der Waals surface area contributed by atoms with Crippen LogP contribution < -0.4 is 9.80 Å². The minimum atomic E-state index is 0.897. The quantitative estimate of drug-likeness (QED) is 0.102. The van der Waals surface area contributed by atoms with Crippen LogP contribution in [0.2, 0.25) is 0 Å². The van der Waals surface area contributed by atoms with E-state index in [0.717, 1.165) is 67.4 Å². The molecule has 24 rings (SSSR count). The van der Waals surface area contributed by atoms with E-state index in [9.17, 15) is 0 Å². The van der Waals surface area contributed by atoms with E-state index in [0.29, 0.717) is 0 Å². The summed E-state index contributed by atoms with van der Waals surface area (Å²) in [6, 6.07) is 178. The molecule has 6 heteroatoms. The van der Waals surface area contributed by atoms with Crippen molar-refractivity contribution in [3.05, 3.63) is 497 Å². The lowest BCUT2D eigenvalue weighted by Gasteiger charge is -2.26. The van der Waals surface area contributed by atoms with Gasteiger partial charge < -0.3 is 23.4 Å². The highest BCUT2D eigenvalue weighted by Crippen LogP contribution is 2.46. The van der Waals surface area contributed by atoms with E-state index in [2.05, 4.69) is 504 Å². The third-order valence-corrected chi connectivity index (χ3v) is 25.5. The first kappa shape index (κ1) is 75.8. The van der Waals surface area contributed by atoms with Crippen LogP contribution in [0.15, 0.2) is 502 Å². The van der Waals surface area contributed by atoms with Crippen LogP contribution in [-0.2, 0) is 0 Å². The van der Waals surface area contributed by atoms with Gasteiger partial charge in [0.15, 0.2) is 0 Å². The Balaban J connectivity index is 0.000000114. The van der Waals surface area contributed by atoms with Gasteiger partial charge in [0.05, 0.1) is 22.1 Å². The molecule has 0 saturated carbocycles. The molecule has 126 heavy (non-hydrogen) atoms. The summed E-state index contributed by atoms with van der Waals surface area (Å²) >= 11 is 1.85. The standard InChI is InChI=1S/C48H32N2.C36H25NO.C36H25NS/c1-3-11-33(12-4-1)35-19-25-39(26-20-35)49-45-17-9-7-15-41(45)43-31-37(23-29-47(43)49)38-24-30-48-44(32-38)42-16-8-10-18-46(42)50(48)40-27-21-36(22-28-40)34-13-5-2-6-14-34;2*1-3-9-26(10-4-1)28-15-19-30(20-16-28)37(31-21-17-29(18-22-31)27-11-5-2-6-12-27)32-23-24-36-34(25-32)33-13-7-8-14-35(33)38-36/h1-32H;2*1-25H. The van der Waals surface area contributed by atoms with Crippen LogP contribution >= 0.6 is 11.3 Å². The van der Waals surface area contributed by atoms with Crippen molar-refractivity contribution in [1.82, 2.24) is 9.13 Å². The Kier molecular flexibility index (Phi) is 20.2. The van der Waals surface area contributed by atoms with Gasteiger partial charge in [0, 0.05) is 98.0 Å². The van der Waals surface area contributed by atoms with Crippen molar-refractivity contribution in [3.8, 4) is 89.3 Å². The van der Waals surface area contributed by atoms with Gasteiger partial charge in [0.2, 0.25) is 0 Å². The number of furan rings is 1. The first-order valence-electron chi connectivity index (χ1n) is 42.9. The van der Waals surface area contributed by atoms with E-state index in [4.69, 9.17) is 4.42 Å². The van der Waals surface area contributed by atoms with Gasteiger partial charge in [0.25, 0.3) is 0 Å². The Hall–Kier alpha value is -16.4. The predicted octanol–water partition coefficient (Wildman–Crippen LogP) is 34.1. The molecule has 4 aromatic heterocycles. The minimum Gasteiger partial charge on any atom is -0.456 e. The molecule has 0 radical (unpaired) electrons. The van der Waals surface area contributed by atoms with Gasteiger partial charge in [-0.05, 0) is 236 Å². The molecule has 0 aliphatic carbocycles. The number of thiophene rings is 1. The molecule has 0 fully saturated rings. The van der Waals surface area contributed by atoms with E-state index < -0.39 is 0 Å². The summed E-state index contributed by atoms with van der Waals surface area (Å²) in [5.41, 5.74) is 32.7. The van der Waals surface area contributed by atoms with Crippen LogP contribution in [0.25, 0.3) is 175 Å². The second kappa shape index (κ2) is 33.6. The second-order valence-corrected chi connectivity index (χ2v) is 33.0. The summed E-state index contributed by atoms with van der Waals surface area (Å²) < 4.78 is 13.5. The first-order chi connectivity index (χ1) is 62.5. The van der Waals surface area contributed by atoms with Gasteiger partial charge in [-0.25, -0.2) is 0 Å².